The Kier molecular flexibility index (Phi) is 4.61. The minimum atomic E-state index is -0.724. The Bertz CT molecular complexity index is 1540. The number of anilines is 2. The third-order valence-electron chi connectivity index (χ3n) is 5.38. The lowest BCUT2D eigenvalue weighted by atomic mass is 10.1. The number of nitrogens with one attached hydrogen (secondary N) is 1. The molecule has 2 heterocycles. The van der Waals surface area contributed by atoms with Crippen LogP contribution in [0.1, 0.15) is 16.7 Å². The Hall–Kier alpha value is -3.98. The van der Waals surface area contributed by atoms with Crippen LogP contribution in [0.4, 0.5) is 11.4 Å². The second-order valence-corrected chi connectivity index (χ2v) is 9.01. The van der Waals surface area contributed by atoms with Gasteiger partial charge < -0.3 is 34.9 Å². The monoisotopic (exact) mass is 465 g/mol. The largest absolute Gasteiger partial charge is 0.506 e. The molecule has 0 unspecified atom stereocenters. The fourth-order valence-corrected chi connectivity index (χ4v) is 5.19. The average molecular weight is 465 g/mol. The van der Waals surface area contributed by atoms with E-state index in [-0.39, 0.29) is 34.3 Å². The first-order chi connectivity index (χ1) is 15.6. The van der Waals surface area contributed by atoms with Gasteiger partial charge in [-0.1, -0.05) is 11.8 Å². The number of hydrogen-bond donors (Lipinski definition) is 5. The summed E-state index contributed by atoms with van der Waals surface area (Å²) >= 11 is 1.29. The van der Waals surface area contributed by atoms with E-state index in [1.165, 1.54) is 23.9 Å². The zero-order chi connectivity index (χ0) is 23.6. The topological polar surface area (TPSA) is 132 Å². The third kappa shape index (κ3) is 3.28. The first-order valence-electron chi connectivity index (χ1n) is 9.96. The lowest BCUT2D eigenvalue weighted by molar-refractivity contribution is 0.360. The molecule has 5 rings (SSSR count). The zero-order valence-corrected chi connectivity index (χ0v) is 18.6. The number of phenolic OH excluding ortho intramolecular Hbond substituents is 4. The van der Waals surface area contributed by atoms with Gasteiger partial charge in [0.25, 0.3) is 0 Å². The van der Waals surface area contributed by atoms with Gasteiger partial charge in [-0.15, -0.1) is 0 Å². The third-order valence-corrected chi connectivity index (χ3v) is 6.53. The fraction of sp³-hybridized carbons (Fsp3) is 0.125. The zero-order valence-electron chi connectivity index (χ0n) is 17.8. The van der Waals surface area contributed by atoms with Gasteiger partial charge in [0.2, 0.25) is 11.5 Å². The molecule has 0 aliphatic carbocycles. The van der Waals surface area contributed by atoms with Gasteiger partial charge in [0.05, 0.1) is 10.6 Å². The molecule has 9 heteroatoms. The molecular weight excluding hydrogens is 446 g/mol. The molecule has 1 aliphatic heterocycles. The van der Waals surface area contributed by atoms with Gasteiger partial charge >= 0.3 is 5.63 Å². The minimum absolute atomic E-state index is 0.0205. The van der Waals surface area contributed by atoms with Crippen LogP contribution < -0.4 is 15.7 Å². The van der Waals surface area contributed by atoms with Gasteiger partial charge in [0, 0.05) is 10.3 Å². The van der Waals surface area contributed by atoms with Crippen molar-refractivity contribution in [2.75, 3.05) is 5.32 Å². The number of aryl methyl sites for hydroxylation is 3. The normalized spacial score (nSPS) is 12.2. The van der Waals surface area contributed by atoms with E-state index in [0.717, 1.165) is 10.5 Å². The van der Waals surface area contributed by atoms with Gasteiger partial charge in [-0.05, 0) is 67.8 Å². The van der Waals surface area contributed by atoms with Crippen molar-refractivity contribution in [3.63, 3.8) is 0 Å². The van der Waals surface area contributed by atoms with Crippen molar-refractivity contribution >= 4 is 34.1 Å². The van der Waals surface area contributed by atoms with E-state index in [0.29, 0.717) is 27.1 Å². The van der Waals surface area contributed by atoms with Crippen LogP contribution >= 0.6 is 11.8 Å². The number of hydrogen-bond acceptors (Lipinski definition) is 9. The van der Waals surface area contributed by atoms with Crippen molar-refractivity contribution in [2.45, 2.75) is 30.6 Å². The Morgan fingerprint density at radius 3 is 2.27 bits per heavy atom. The molecule has 3 aromatic carbocycles. The molecule has 0 fully saturated rings. The molecule has 0 amide bonds. The molecule has 1 aliphatic rings. The van der Waals surface area contributed by atoms with Crippen molar-refractivity contribution in [1.29, 1.82) is 0 Å². The molecule has 0 radical (unpaired) electrons. The predicted molar refractivity (Wildman–Crippen MR) is 124 cm³/mol. The molecule has 33 heavy (non-hydrogen) atoms. The lowest BCUT2D eigenvalue weighted by Gasteiger charge is -2.23. The van der Waals surface area contributed by atoms with E-state index in [1.54, 1.807) is 26.0 Å². The smallest absolute Gasteiger partial charge is 0.361 e. The Morgan fingerprint density at radius 1 is 0.848 bits per heavy atom. The van der Waals surface area contributed by atoms with Crippen LogP contribution in [0.15, 0.2) is 49.3 Å². The second-order valence-electron chi connectivity index (χ2n) is 7.96. The summed E-state index contributed by atoms with van der Waals surface area (Å²) in [4.78, 5) is 14.1. The van der Waals surface area contributed by atoms with Crippen molar-refractivity contribution in [2.24, 2.45) is 0 Å². The molecule has 0 bridgehead atoms. The first kappa shape index (κ1) is 20.9. The highest BCUT2D eigenvalue weighted by molar-refractivity contribution is 8.00. The number of rotatable bonds is 2. The molecule has 1 aromatic heterocycles. The number of ether oxygens (including phenoxy) is 1. The van der Waals surface area contributed by atoms with Gasteiger partial charge in [-0.25, -0.2) is 4.79 Å². The Balaban J connectivity index is 1.69. The quantitative estimate of drug-likeness (QED) is 0.168. The summed E-state index contributed by atoms with van der Waals surface area (Å²) in [6, 6.07) is 7.92. The molecule has 0 atom stereocenters. The maximum Gasteiger partial charge on any atom is 0.361 e. The van der Waals surface area contributed by atoms with Crippen molar-refractivity contribution in [3.8, 4) is 34.5 Å². The van der Waals surface area contributed by atoms with Crippen LogP contribution in [0.5, 0.6) is 34.5 Å². The second kappa shape index (κ2) is 7.28. The summed E-state index contributed by atoms with van der Waals surface area (Å²) in [5.41, 5.74) is 1.92. The van der Waals surface area contributed by atoms with Crippen LogP contribution in [0.2, 0.25) is 0 Å². The number of fused-ring (bicyclic) bond motifs is 4. The van der Waals surface area contributed by atoms with Crippen molar-refractivity contribution in [1.82, 2.24) is 0 Å². The summed E-state index contributed by atoms with van der Waals surface area (Å²) in [6.45, 7) is 5.34. The summed E-state index contributed by atoms with van der Waals surface area (Å²) in [5, 5.41) is 44.7. The predicted octanol–water partition coefficient (Wildman–Crippen LogP) is 5.54. The van der Waals surface area contributed by atoms with E-state index >= 15 is 0 Å². The first-order valence-corrected chi connectivity index (χ1v) is 10.8. The maximum absolute atomic E-state index is 12.8. The Morgan fingerprint density at radius 2 is 1.52 bits per heavy atom. The molecule has 5 N–H and O–H groups in total. The standard InChI is InChI=1S/C24H19NO7S/c1-9-5-13(27)20(28)14(6-9)31-15-8-11(3)17-22(21(15)29)32-24(30)19-23(17)33-16-7-10(2)4-12(26)18(16)25-19/h4-8,25-29H,1-3H3. The number of phenols is 4. The summed E-state index contributed by atoms with van der Waals surface area (Å²) < 4.78 is 11.1. The summed E-state index contributed by atoms with van der Waals surface area (Å²) in [6.07, 6.45) is 0. The van der Waals surface area contributed by atoms with Crippen molar-refractivity contribution < 1.29 is 29.6 Å². The average Bonchev–Trinajstić information content (AvgIpc) is 2.74. The summed E-state index contributed by atoms with van der Waals surface area (Å²) in [5.74, 6) is -1.34. The van der Waals surface area contributed by atoms with Gasteiger partial charge in [-0.3, -0.25) is 0 Å². The van der Waals surface area contributed by atoms with Crippen LogP contribution in [0.25, 0.3) is 11.0 Å². The fourth-order valence-electron chi connectivity index (χ4n) is 3.88. The van der Waals surface area contributed by atoms with Gasteiger partial charge in [0.1, 0.15) is 11.4 Å². The highest BCUT2D eigenvalue weighted by atomic mass is 32.2. The molecule has 0 saturated heterocycles. The van der Waals surface area contributed by atoms with Crippen LogP contribution in [-0.2, 0) is 0 Å². The molecule has 0 spiro atoms. The van der Waals surface area contributed by atoms with Gasteiger partial charge in [-0.2, -0.15) is 0 Å². The van der Waals surface area contributed by atoms with E-state index in [9.17, 15) is 25.2 Å². The highest BCUT2D eigenvalue weighted by Gasteiger charge is 2.28. The van der Waals surface area contributed by atoms with Crippen LogP contribution in [0.3, 0.4) is 0 Å². The van der Waals surface area contributed by atoms with E-state index in [1.807, 2.05) is 13.0 Å². The SMILES string of the molecule is Cc1cc(O)c(O)c(Oc2cc(C)c3c4c(c(=O)oc3c2O)Nc2c(O)cc(C)cc2S4)c1. The molecule has 168 valence electrons. The van der Waals surface area contributed by atoms with E-state index in [4.69, 9.17) is 9.15 Å². The molecule has 4 aromatic rings. The van der Waals surface area contributed by atoms with Crippen LogP contribution in [-0.4, -0.2) is 20.4 Å². The van der Waals surface area contributed by atoms with Crippen molar-refractivity contribution in [3.05, 3.63) is 57.4 Å². The maximum atomic E-state index is 12.8. The summed E-state index contributed by atoms with van der Waals surface area (Å²) in [7, 11) is 0. The highest BCUT2D eigenvalue weighted by Crippen LogP contribution is 2.52. The van der Waals surface area contributed by atoms with E-state index < -0.39 is 17.1 Å². The molecule has 8 nitrogen and oxygen atoms in total. The Labute approximate surface area is 191 Å². The van der Waals surface area contributed by atoms with Gasteiger partial charge in [0.15, 0.2) is 22.8 Å². The lowest BCUT2D eigenvalue weighted by Crippen LogP contribution is -2.13. The van der Waals surface area contributed by atoms with Crippen LogP contribution in [0, 0.1) is 20.8 Å². The van der Waals surface area contributed by atoms with E-state index in [2.05, 4.69) is 5.32 Å². The number of aromatic hydroxyl groups is 4. The minimum Gasteiger partial charge on any atom is -0.506 e. The molecular formula is C24H19NO7S. The number of benzene rings is 3. The molecule has 0 saturated carbocycles.